The lowest BCUT2D eigenvalue weighted by Crippen LogP contribution is -2.46. The van der Waals surface area contributed by atoms with Gasteiger partial charge in [-0.1, -0.05) is 5.92 Å². The van der Waals surface area contributed by atoms with Crippen LogP contribution >= 0.6 is 0 Å². The minimum atomic E-state index is 0.559. The SMILES string of the molecule is C#CCN1CCN(CC=O)CC1. The molecule has 1 saturated heterocycles. The minimum absolute atomic E-state index is 0.559. The van der Waals surface area contributed by atoms with Crippen LogP contribution in [0.25, 0.3) is 0 Å². The Hall–Kier alpha value is -0.850. The van der Waals surface area contributed by atoms with E-state index in [0.717, 1.165) is 39.0 Å². The smallest absolute Gasteiger partial charge is 0.133 e. The van der Waals surface area contributed by atoms with Gasteiger partial charge in [-0.2, -0.15) is 0 Å². The van der Waals surface area contributed by atoms with Crippen molar-refractivity contribution in [3.63, 3.8) is 0 Å². The van der Waals surface area contributed by atoms with E-state index >= 15 is 0 Å². The van der Waals surface area contributed by atoms with E-state index in [0.29, 0.717) is 6.54 Å². The van der Waals surface area contributed by atoms with Crippen molar-refractivity contribution in [2.24, 2.45) is 0 Å². The Kier molecular flexibility index (Phi) is 3.78. The summed E-state index contributed by atoms with van der Waals surface area (Å²) in [6.45, 7) is 5.18. The van der Waals surface area contributed by atoms with E-state index < -0.39 is 0 Å². The second-order valence-corrected chi connectivity index (χ2v) is 2.95. The number of hydrogen-bond acceptors (Lipinski definition) is 3. The molecular weight excluding hydrogens is 152 g/mol. The number of piperazine rings is 1. The van der Waals surface area contributed by atoms with E-state index in [2.05, 4.69) is 15.7 Å². The molecule has 1 heterocycles. The summed E-state index contributed by atoms with van der Waals surface area (Å²) in [6, 6.07) is 0. The normalized spacial score (nSPS) is 20.2. The molecule has 3 nitrogen and oxygen atoms in total. The van der Waals surface area contributed by atoms with Crippen molar-refractivity contribution < 1.29 is 4.79 Å². The second kappa shape index (κ2) is 4.91. The zero-order valence-electron chi connectivity index (χ0n) is 7.20. The van der Waals surface area contributed by atoms with Crippen LogP contribution in [0.1, 0.15) is 0 Å². The molecule has 0 amide bonds. The van der Waals surface area contributed by atoms with Crippen molar-refractivity contribution in [3.8, 4) is 12.3 Å². The van der Waals surface area contributed by atoms with Crippen LogP contribution in [0.3, 0.4) is 0 Å². The van der Waals surface area contributed by atoms with Crippen LogP contribution in [0.2, 0.25) is 0 Å². The fraction of sp³-hybridized carbons (Fsp3) is 0.667. The molecule has 0 radical (unpaired) electrons. The Morgan fingerprint density at radius 2 is 1.83 bits per heavy atom. The van der Waals surface area contributed by atoms with E-state index in [1.807, 2.05) is 0 Å². The number of rotatable bonds is 3. The van der Waals surface area contributed by atoms with Crippen molar-refractivity contribution in [2.75, 3.05) is 39.3 Å². The average Bonchev–Trinajstić information content (AvgIpc) is 2.09. The van der Waals surface area contributed by atoms with Crippen molar-refractivity contribution in [3.05, 3.63) is 0 Å². The Balaban J connectivity index is 2.21. The number of nitrogens with zero attached hydrogens (tertiary/aromatic N) is 2. The fourth-order valence-corrected chi connectivity index (χ4v) is 1.36. The number of carbonyl (C=O) groups excluding carboxylic acids is 1. The molecular formula is C9H14N2O. The average molecular weight is 166 g/mol. The summed E-state index contributed by atoms with van der Waals surface area (Å²) in [4.78, 5) is 14.6. The van der Waals surface area contributed by atoms with Crippen LogP contribution in [-0.4, -0.2) is 55.4 Å². The third kappa shape index (κ3) is 2.65. The summed E-state index contributed by atoms with van der Waals surface area (Å²) < 4.78 is 0. The van der Waals surface area contributed by atoms with Gasteiger partial charge in [0.1, 0.15) is 6.29 Å². The summed E-state index contributed by atoms with van der Waals surface area (Å²) in [5.41, 5.74) is 0. The van der Waals surface area contributed by atoms with Gasteiger partial charge in [0.05, 0.1) is 13.1 Å². The molecule has 0 saturated carbocycles. The number of terminal acetylenes is 1. The maximum Gasteiger partial charge on any atom is 0.133 e. The van der Waals surface area contributed by atoms with Gasteiger partial charge in [-0.05, 0) is 0 Å². The first-order valence-electron chi connectivity index (χ1n) is 4.18. The molecule has 1 aliphatic rings. The molecule has 1 rings (SSSR count). The number of aldehydes is 1. The lowest BCUT2D eigenvalue weighted by atomic mass is 10.3. The van der Waals surface area contributed by atoms with Gasteiger partial charge in [-0.15, -0.1) is 6.42 Å². The molecule has 0 bridgehead atoms. The molecule has 0 aliphatic carbocycles. The van der Waals surface area contributed by atoms with Gasteiger partial charge in [0, 0.05) is 26.2 Å². The molecule has 0 atom stereocenters. The molecule has 12 heavy (non-hydrogen) atoms. The zero-order valence-corrected chi connectivity index (χ0v) is 7.20. The van der Waals surface area contributed by atoms with E-state index in [-0.39, 0.29) is 0 Å². The zero-order chi connectivity index (χ0) is 8.81. The van der Waals surface area contributed by atoms with Gasteiger partial charge >= 0.3 is 0 Å². The van der Waals surface area contributed by atoms with E-state index in [4.69, 9.17) is 6.42 Å². The topological polar surface area (TPSA) is 23.6 Å². The highest BCUT2D eigenvalue weighted by molar-refractivity contribution is 5.51. The van der Waals surface area contributed by atoms with Crippen LogP contribution in [0, 0.1) is 12.3 Å². The van der Waals surface area contributed by atoms with Gasteiger partial charge in [-0.3, -0.25) is 9.80 Å². The molecule has 0 N–H and O–H groups in total. The van der Waals surface area contributed by atoms with E-state index in [1.165, 1.54) is 0 Å². The molecule has 66 valence electrons. The first kappa shape index (κ1) is 9.24. The molecule has 0 unspecified atom stereocenters. The van der Waals surface area contributed by atoms with E-state index in [1.54, 1.807) is 0 Å². The van der Waals surface area contributed by atoms with Gasteiger partial charge in [0.25, 0.3) is 0 Å². The van der Waals surface area contributed by atoms with Gasteiger partial charge in [-0.25, -0.2) is 0 Å². The van der Waals surface area contributed by atoms with Crippen molar-refractivity contribution in [2.45, 2.75) is 0 Å². The summed E-state index contributed by atoms with van der Waals surface area (Å²) in [5, 5.41) is 0. The summed E-state index contributed by atoms with van der Waals surface area (Å²) >= 11 is 0. The van der Waals surface area contributed by atoms with Crippen LogP contribution in [0.4, 0.5) is 0 Å². The highest BCUT2D eigenvalue weighted by Gasteiger charge is 2.14. The van der Waals surface area contributed by atoms with Crippen molar-refractivity contribution in [1.82, 2.24) is 9.80 Å². The third-order valence-corrected chi connectivity index (χ3v) is 2.11. The van der Waals surface area contributed by atoms with Crippen molar-refractivity contribution in [1.29, 1.82) is 0 Å². The molecule has 0 aromatic rings. The summed E-state index contributed by atoms with van der Waals surface area (Å²) in [6.07, 6.45) is 6.15. The molecule has 1 aliphatic heterocycles. The molecule has 0 aromatic carbocycles. The lowest BCUT2D eigenvalue weighted by Gasteiger charge is -2.32. The Labute approximate surface area is 73.3 Å². The third-order valence-electron chi connectivity index (χ3n) is 2.11. The quantitative estimate of drug-likeness (QED) is 0.414. The maximum absolute atomic E-state index is 10.2. The monoisotopic (exact) mass is 166 g/mol. The molecule has 1 fully saturated rings. The summed E-state index contributed by atoms with van der Waals surface area (Å²) in [7, 11) is 0. The van der Waals surface area contributed by atoms with Crippen molar-refractivity contribution >= 4 is 6.29 Å². The second-order valence-electron chi connectivity index (χ2n) is 2.95. The highest BCUT2D eigenvalue weighted by atomic mass is 16.1. The predicted molar refractivity (Wildman–Crippen MR) is 47.8 cm³/mol. The van der Waals surface area contributed by atoms with Crippen LogP contribution < -0.4 is 0 Å². The van der Waals surface area contributed by atoms with Crippen LogP contribution in [0.5, 0.6) is 0 Å². The Morgan fingerprint density at radius 1 is 1.25 bits per heavy atom. The largest absolute Gasteiger partial charge is 0.302 e. The first-order chi connectivity index (χ1) is 5.86. The van der Waals surface area contributed by atoms with E-state index in [9.17, 15) is 4.79 Å². The highest BCUT2D eigenvalue weighted by Crippen LogP contribution is 1.98. The van der Waals surface area contributed by atoms with Crippen LogP contribution in [-0.2, 0) is 4.79 Å². The molecule has 3 heteroatoms. The van der Waals surface area contributed by atoms with Gasteiger partial charge in [0.2, 0.25) is 0 Å². The summed E-state index contributed by atoms with van der Waals surface area (Å²) in [5.74, 6) is 2.62. The standard InChI is InChI=1S/C9H14N2O/c1-2-3-10-4-6-11(7-5-10)8-9-12/h1,9H,3-8H2. The molecule has 0 aromatic heterocycles. The van der Waals surface area contributed by atoms with Crippen LogP contribution in [0.15, 0.2) is 0 Å². The Morgan fingerprint density at radius 3 is 2.33 bits per heavy atom. The minimum Gasteiger partial charge on any atom is -0.302 e. The predicted octanol–water partition coefficient (Wildman–Crippen LogP) is -0.564. The van der Waals surface area contributed by atoms with Gasteiger partial charge < -0.3 is 4.79 Å². The lowest BCUT2D eigenvalue weighted by molar-refractivity contribution is -0.109. The number of hydrogen-bond donors (Lipinski definition) is 0. The Bertz CT molecular complexity index is 177. The van der Waals surface area contributed by atoms with Gasteiger partial charge in [0.15, 0.2) is 0 Å². The first-order valence-corrected chi connectivity index (χ1v) is 4.18. The number of carbonyl (C=O) groups is 1. The maximum atomic E-state index is 10.2. The molecule has 0 spiro atoms. The fourth-order valence-electron chi connectivity index (χ4n) is 1.36.